The minimum atomic E-state index is -0.873. The molecule has 1 fully saturated rings. The van der Waals surface area contributed by atoms with Gasteiger partial charge in [0.1, 0.15) is 5.54 Å². The van der Waals surface area contributed by atoms with Crippen LogP contribution in [0.2, 0.25) is 0 Å². The molecule has 0 spiro atoms. The van der Waals surface area contributed by atoms with E-state index in [0.29, 0.717) is 11.5 Å². The van der Waals surface area contributed by atoms with Gasteiger partial charge in [0.05, 0.1) is 11.6 Å². The molecule has 23 heavy (non-hydrogen) atoms. The maximum Gasteiger partial charge on any atom is 0.338 e. The fourth-order valence-corrected chi connectivity index (χ4v) is 2.43. The van der Waals surface area contributed by atoms with E-state index in [2.05, 4.69) is 25.2 Å². The maximum atomic E-state index is 11.9. The summed E-state index contributed by atoms with van der Waals surface area (Å²) in [6, 6.07) is 9.27. The summed E-state index contributed by atoms with van der Waals surface area (Å²) in [5, 5.41) is 11.9. The van der Waals surface area contributed by atoms with Crippen LogP contribution in [-0.4, -0.2) is 24.0 Å². The molecule has 5 nitrogen and oxygen atoms in total. The normalized spacial score (nSPS) is 16.3. The van der Waals surface area contributed by atoms with Gasteiger partial charge in [0.25, 0.3) is 5.91 Å². The predicted molar refractivity (Wildman–Crippen MR) is 85.7 cm³/mol. The molecule has 0 unspecified atom stereocenters. The van der Waals surface area contributed by atoms with Crippen molar-refractivity contribution in [1.29, 1.82) is 5.26 Å². The summed E-state index contributed by atoms with van der Waals surface area (Å²) >= 11 is 0. The molecule has 1 aromatic rings. The molecule has 122 valence electrons. The van der Waals surface area contributed by atoms with Crippen LogP contribution in [0.5, 0.6) is 0 Å². The highest BCUT2D eigenvalue weighted by molar-refractivity contribution is 5.91. The van der Waals surface area contributed by atoms with Gasteiger partial charge in [-0.05, 0) is 49.3 Å². The number of hydrogen-bond acceptors (Lipinski definition) is 4. The Morgan fingerprint density at radius 3 is 2.43 bits per heavy atom. The molecule has 1 aromatic carbocycles. The van der Waals surface area contributed by atoms with Gasteiger partial charge >= 0.3 is 5.97 Å². The van der Waals surface area contributed by atoms with Crippen LogP contribution in [0.25, 0.3) is 0 Å². The van der Waals surface area contributed by atoms with Crippen LogP contribution in [0.1, 0.15) is 55.5 Å². The lowest BCUT2D eigenvalue weighted by molar-refractivity contribution is -0.125. The Morgan fingerprint density at radius 2 is 1.96 bits per heavy atom. The molecule has 0 aliphatic heterocycles. The zero-order chi connectivity index (χ0) is 17.0. The van der Waals surface area contributed by atoms with Crippen molar-refractivity contribution in [2.75, 3.05) is 6.61 Å². The highest BCUT2D eigenvalue weighted by Gasteiger charge is 2.43. The van der Waals surface area contributed by atoms with Crippen LogP contribution < -0.4 is 5.32 Å². The molecule has 5 heteroatoms. The molecule has 0 radical (unpaired) electrons. The summed E-state index contributed by atoms with van der Waals surface area (Å²) < 4.78 is 5.02. The van der Waals surface area contributed by atoms with Crippen LogP contribution in [0, 0.1) is 17.2 Å². The lowest BCUT2D eigenvalue weighted by Gasteiger charge is -2.22. The Hall–Kier alpha value is -2.35. The van der Waals surface area contributed by atoms with Gasteiger partial charge in [-0.2, -0.15) is 5.26 Å². The van der Waals surface area contributed by atoms with E-state index in [1.807, 2.05) is 12.1 Å². The molecule has 1 saturated carbocycles. The molecule has 1 atom stereocenters. The average molecular weight is 314 g/mol. The number of rotatable bonds is 6. The second-order valence-electron chi connectivity index (χ2n) is 6.49. The van der Waals surface area contributed by atoms with Crippen LogP contribution in [-0.2, 0) is 9.53 Å². The summed E-state index contributed by atoms with van der Waals surface area (Å²) in [7, 11) is 0. The second-order valence-corrected chi connectivity index (χ2v) is 6.49. The van der Waals surface area contributed by atoms with Crippen molar-refractivity contribution >= 4 is 11.9 Å². The number of nitrogens with zero attached hydrogens (tertiary/aromatic N) is 1. The van der Waals surface area contributed by atoms with Gasteiger partial charge in [-0.1, -0.05) is 26.0 Å². The van der Waals surface area contributed by atoms with Crippen molar-refractivity contribution in [3.63, 3.8) is 0 Å². The Kier molecular flexibility index (Phi) is 5.05. The number of carbonyl (C=O) groups is 2. The monoisotopic (exact) mass is 314 g/mol. The first-order valence-electron chi connectivity index (χ1n) is 7.85. The highest BCUT2D eigenvalue weighted by Crippen LogP contribution is 2.39. The van der Waals surface area contributed by atoms with E-state index >= 15 is 0 Å². The van der Waals surface area contributed by atoms with Gasteiger partial charge in [-0.15, -0.1) is 0 Å². The van der Waals surface area contributed by atoms with Crippen molar-refractivity contribution in [2.45, 2.75) is 45.1 Å². The maximum absolute atomic E-state index is 11.9. The first kappa shape index (κ1) is 17.0. The molecule has 0 heterocycles. The van der Waals surface area contributed by atoms with E-state index in [4.69, 9.17) is 4.74 Å². The standard InChI is InChI=1S/C18H22N2O3/c1-12(2)13-4-6-14(7-5-13)17(22)23-10-16(21)20-18(3,11-19)15-8-9-15/h4-7,12,15H,8-10H2,1-3H3,(H,20,21)/t18-/m1/s1. The number of esters is 1. The number of hydrogen-bond donors (Lipinski definition) is 1. The summed E-state index contributed by atoms with van der Waals surface area (Å²) in [6.45, 7) is 5.47. The average Bonchev–Trinajstić information content (AvgIpc) is 3.38. The van der Waals surface area contributed by atoms with Crippen LogP contribution in [0.3, 0.4) is 0 Å². The molecule has 1 N–H and O–H groups in total. The Labute approximate surface area is 136 Å². The number of ether oxygens (including phenoxy) is 1. The molecule has 2 rings (SSSR count). The van der Waals surface area contributed by atoms with E-state index < -0.39 is 17.4 Å². The lowest BCUT2D eigenvalue weighted by atomic mass is 9.98. The SMILES string of the molecule is CC(C)c1ccc(C(=O)OCC(=O)N[C@](C)(C#N)C2CC2)cc1. The topological polar surface area (TPSA) is 79.2 Å². The highest BCUT2D eigenvalue weighted by atomic mass is 16.5. The number of nitrogens with one attached hydrogen (secondary N) is 1. The van der Waals surface area contributed by atoms with Crippen molar-refractivity contribution in [3.05, 3.63) is 35.4 Å². The Bertz CT molecular complexity index is 627. The van der Waals surface area contributed by atoms with Crippen LogP contribution >= 0.6 is 0 Å². The van der Waals surface area contributed by atoms with Gasteiger partial charge in [0.2, 0.25) is 0 Å². The van der Waals surface area contributed by atoms with E-state index in [1.54, 1.807) is 19.1 Å². The second kappa shape index (κ2) is 6.82. The van der Waals surface area contributed by atoms with Gasteiger partial charge in [-0.25, -0.2) is 4.79 Å². The zero-order valence-corrected chi connectivity index (χ0v) is 13.8. The van der Waals surface area contributed by atoms with Crippen LogP contribution in [0.4, 0.5) is 0 Å². The van der Waals surface area contributed by atoms with Crippen molar-refractivity contribution in [1.82, 2.24) is 5.32 Å². The quantitative estimate of drug-likeness (QED) is 0.819. The van der Waals surface area contributed by atoms with Gasteiger partial charge in [0.15, 0.2) is 6.61 Å². The van der Waals surface area contributed by atoms with Gasteiger partial charge in [-0.3, -0.25) is 4.79 Å². The smallest absolute Gasteiger partial charge is 0.338 e. The van der Waals surface area contributed by atoms with Crippen molar-refractivity contribution in [2.24, 2.45) is 5.92 Å². The Balaban J connectivity index is 1.86. The molecular weight excluding hydrogens is 292 g/mol. The fourth-order valence-electron chi connectivity index (χ4n) is 2.43. The van der Waals surface area contributed by atoms with E-state index in [9.17, 15) is 14.9 Å². The molecule has 0 bridgehead atoms. The van der Waals surface area contributed by atoms with Crippen molar-refractivity contribution in [3.8, 4) is 6.07 Å². The first-order chi connectivity index (χ1) is 10.9. The fraction of sp³-hybridized carbons (Fsp3) is 0.500. The third kappa shape index (κ3) is 4.32. The molecule has 1 amide bonds. The number of benzene rings is 1. The number of nitriles is 1. The Morgan fingerprint density at radius 1 is 1.35 bits per heavy atom. The van der Waals surface area contributed by atoms with E-state index in [0.717, 1.165) is 18.4 Å². The molecule has 0 aromatic heterocycles. The summed E-state index contributed by atoms with van der Waals surface area (Å²) in [5.41, 5.74) is 0.670. The third-order valence-electron chi connectivity index (χ3n) is 4.17. The largest absolute Gasteiger partial charge is 0.452 e. The first-order valence-corrected chi connectivity index (χ1v) is 7.85. The zero-order valence-electron chi connectivity index (χ0n) is 13.8. The van der Waals surface area contributed by atoms with Gasteiger partial charge in [0, 0.05) is 0 Å². The predicted octanol–water partition coefficient (Wildman–Crippen LogP) is 2.78. The number of amides is 1. The summed E-state index contributed by atoms with van der Waals surface area (Å²) in [6.07, 6.45) is 1.87. The minimum Gasteiger partial charge on any atom is -0.452 e. The molecule has 0 saturated heterocycles. The lowest BCUT2D eigenvalue weighted by Crippen LogP contribution is -2.48. The summed E-state index contributed by atoms with van der Waals surface area (Å²) in [4.78, 5) is 23.8. The van der Waals surface area contributed by atoms with Crippen LogP contribution in [0.15, 0.2) is 24.3 Å². The minimum absolute atomic E-state index is 0.190. The molecule has 1 aliphatic rings. The molecule has 1 aliphatic carbocycles. The van der Waals surface area contributed by atoms with Gasteiger partial charge < -0.3 is 10.1 Å². The third-order valence-corrected chi connectivity index (χ3v) is 4.17. The van der Waals surface area contributed by atoms with E-state index in [-0.39, 0.29) is 12.5 Å². The number of carbonyl (C=O) groups excluding carboxylic acids is 2. The van der Waals surface area contributed by atoms with Crippen molar-refractivity contribution < 1.29 is 14.3 Å². The van der Waals surface area contributed by atoms with E-state index in [1.165, 1.54) is 0 Å². The molecular formula is C18H22N2O3. The summed E-state index contributed by atoms with van der Waals surface area (Å²) in [5.74, 6) is -0.415.